The number of benzene rings is 2. The molecule has 4 nitrogen and oxygen atoms in total. The third-order valence-electron chi connectivity index (χ3n) is 4.73. The van der Waals surface area contributed by atoms with E-state index in [0.29, 0.717) is 13.1 Å². The van der Waals surface area contributed by atoms with Crippen molar-refractivity contribution in [3.63, 3.8) is 0 Å². The van der Waals surface area contributed by atoms with Gasteiger partial charge in [-0.3, -0.25) is 9.69 Å². The predicted octanol–water partition coefficient (Wildman–Crippen LogP) is 4.50. The number of ether oxygens (including phenoxy) is 2. The van der Waals surface area contributed by atoms with Crippen molar-refractivity contribution in [3.8, 4) is 11.5 Å². The van der Waals surface area contributed by atoms with E-state index in [1.54, 1.807) is 14.2 Å². The second-order valence-electron chi connectivity index (χ2n) is 6.52. The summed E-state index contributed by atoms with van der Waals surface area (Å²) in [7, 11) is 3.29. The fourth-order valence-electron chi connectivity index (χ4n) is 3.14. The number of nitrogens with zero attached hydrogens (tertiary/aromatic N) is 1. The van der Waals surface area contributed by atoms with Crippen LogP contribution in [0.2, 0.25) is 0 Å². The Kier molecular flexibility index (Phi) is 7.85. The first-order valence-corrected chi connectivity index (χ1v) is 9.09. The normalized spacial score (nSPS) is 17.5. The van der Waals surface area contributed by atoms with Gasteiger partial charge in [-0.25, -0.2) is 0 Å². The van der Waals surface area contributed by atoms with Crippen LogP contribution in [-0.2, 0) is 4.79 Å². The van der Waals surface area contributed by atoms with Crippen LogP contribution in [0.4, 0.5) is 0 Å². The standard InChI is InChI=1S/C23H25NO3.ClH/c1-4-24-15-19(13-17-5-9-21(26-2)10-6-17)23(25)20(16-24)14-18-7-11-22(27-3)12-8-18;/h5-14H,4,15-16H2,1-3H3;1H/b19-13-,20-14+;. The van der Waals surface area contributed by atoms with Gasteiger partial charge in [0, 0.05) is 24.2 Å². The number of hydrogen-bond donors (Lipinski definition) is 0. The maximum atomic E-state index is 13.0. The number of likely N-dealkylation sites (N-methyl/N-ethyl adjacent to an activating group) is 1. The molecule has 1 heterocycles. The smallest absolute Gasteiger partial charge is 0.187 e. The predicted molar refractivity (Wildman–Crippen MR) is 116 cm³/mol. The van der Waals surface area contributed by atoms with Gasteiger partial charge in [0.1, 0.15) is 11.5 Å². The molecule has 28 heavy (non-hydrogen) atoms. The molecule has 5 heteroatoms. The summed E-state index contributed by atoms with van der Waals surface area (Å²) in [6.45, 7) is 4.35. The van der Waals surface area contributed by atoms with Crippen LogP contribution in [0.3, 0.4) is 0 Å². The van der Waals surface area contributed by atoms with E-state index in [4.69, 9.17) is 9.47 Å². The zero-order valence-electron chi connectivity index (χ0n) is 16.5. The van der Waals surface area contributed by atoms with Gasteiger partial charge >= 0.3 is 0 Å². The summed E-state index contributed by atoms with van der Waals surface area (Å²) in [5.74, 6) is 1.73. The number of carbonyl (C=O) groups excluding carboxylic acids is 1. The Labute approximate surface area is 172 Å². The van der Waals surface area contributed by atoms with E-state index in [9.17, 15) is 4.79 Å². The monoisotopic (exact) mass is 399 g/mol. The van der Waals surface area contributed by atoms with E-state index >= 15 is 0 Å². The maximum absolute atomic E-state index is 13.0. The van der Waals surface area contributed by atoms with E-state index in [-0.39, 0.29) is 18.2 Å². The largest absolute Gasteiger partial charge is 0.497 e. The summed E-state index contributed by atoms with van der Waals surface area (Å²) in [5, 5.41) is 0. The third kappa shape index (κ3) is 5.24. The Hall–Kier alpha value is -2.56. The minimum absolute atomic E-state index is 0. The first kappa shape index (κ1) is 21.7. The number of rotatable bonds is 5. The number of hydrogen-bond acceptors (Lipinski definition) is 4. The first-order valence-electron chi connectivity index (χ1n) is 9.09. The highest BCUT2D eigenvalue weighted by Gasteiger charge is 2.25. The average molecular weight is 400 g/mol. The van der Waals surface area contributed by atoms with Gasteiger partial charge in [0.2, 0.25) is 0 Å². The molecule has 0 radical (unpaired) electrons. The zero-order chi connectivity index (χ0) is 19.2. The van der Waals surface area contributed by atoms with Crippen LogP contribution >= 0.6 is 12.4 Å². The number of piperidine rings is 1. The molecule has 0 bridgehead atoms. The van der Waals surface area contributed by atoms with Crippen LogP contribution in [0.25, 0.3) is 12.2 Å². The van der Waals surface area contributed by atoms with Gasteiger partial charge in [-0.05, 0) is 54.1 Å². The number of likely N-dealkylation sites (tertiary alicyclic amines) is 1. The molecule has 1 aliphatic rings. The van der Waals surface area contributed by atoms with E-state index < -0.39 is 0 Å². The maximum Gasteiger partial charge on any atom is 0.187 e. The lowest BCUT2D eigenvalue weighted by atomic mass is 9.94. The zero-order valence-corrected chi connectivity index (χ0v) is 17.3. The minimum Gasteiger partial charge on any atom is -0.497 e. The van der Waals surface area contributed by atoms with E-state index in [2.05, 4.69) is 11.8 Å². The van der Waals surface area contributed by atoms with Crippen molar-refractivity contribution >= 4 is 30.3 Å². The van der Waals surface area contributed by atoms with Gasteiger partial charge in [0.15, 0.2) is 5.78 Å². The Balaban J connectivity index is 0.00000280. The van der Waals surface area contributed by atoms with Crippen molar-refractivity contribution in [2.75, 3.05) is 33.9 Å². The quantitative estimate of drug-likeness (QED) is 0.694. The molecule has 0 aromatic heterocycles. The molecule has 0 amide bonds. The molecule has 2 aromatic rings. The third-order valence-corrected chi connectivity index (χ3v) is 4.73. The lowest BCUT2D eigenvalue weighted by Gasteiger charge is -2.28. The Bertz CT molecular complexity index is 785. The second kappa shape index (κ2) is 10.1. The van der Waals surface area contributed by atoms with Gasteiger partial charge in [0.25, 0.3) is 0 Å². The van der Waals surface area contributed by atoms with Crippen molar-refractivity contribution in [2.45, 2.75) is 6.92 Å². The van der Waals surface area contributed by atoms with Crippen LogP contribution in [0.5, 0.6) is 11.5 Å². The Morgan fingerprint density at radius 2 is 1.21 bits per heavy atom. The van der Waals surface area contributed by atoms with Crippen molar-refractivity contribution in [2.24, 2.45) is 0 Å². The van der Waals surface area contributed by atoms with Crippen LogP contribution in [0, 0.1) is 0 Å². The molecular formula is C23H26ClNO3. The van der Waals surface area contributed by atoms with E-state index in [1.807, 2.05) is 60.7 Å². The summed E-state index contributed by atoms with van der Waals surface area (Å²) >= 11 is 0. The van der Waals surface area contributed by atoms with Gasteiger partial charge < -0.3 is 9.47 Å². The highest BCUT2D eigenvalue weighted by molar-refractivity contribution is 6.14. The summed E-state index contributed by atoms with van der Waals surface area (Å²) in [6.07, 6.45) is 3.96. The molecule has 0 N–H and O–H groups in total. The highest BCUT2D eigenvalue weighted by Crippen LogP contribution is 2.23. The number of methoxy groups -OCH3 is 2. The van der Waals surface area contributed by atoms with E-state index in [0.717, 1.165) is 40.3 Å². The number of Topliss-reactive ketones (excluding diaryl/α,β-unsaturated/α-hetero) is 1. The van der Waals surface area contributed by atoms with Crippen molar-refractivity contribution in [1.82, 2.24) is 4.90 Å². The second-order valence-corrected chi connectivity index (χ2v) is 6.52. The number of carbonyl (C=O) groups is 1. The fourth-order valence-corrected chi connectivity index (χ4v) is 3.14. The van der Waals surface area contributed by atoms with E-state index in [1.165, 1.54) is 0 Å². The Morgan fingerprint density at radius 3 is 1.54 bits per heavy atom. The lowest BCUT2D eigenvalue weighted by molar-refractivity contribution is -0.113. The summed E-state index contributed by atoms with van der Waals surface area (Å²) < 4.78 is 10.4. The number of ketones is 1. The number of halogens is 1. The average Bonchev–Trinajstić information content (AvgIpc) is 2.72. The summed E-state index contributed by atoms with van der Waals surface area (Å²) in [5.41, 5.74) is 3.63. The van der Waals surface area contributed by atoms with Gasteiger partial charge in [-0.15, -0.1) is 12.4 Å². The fraction of sp³-hybridized carbons (Fsp3) is 0.261. The van der Waals surface area contributed by atoms with Gasteiger partial charge in [0.05, 0.1) is 14.2 Å². The van der Waals surface area contributed by atoms with Crippen LogP contribution in [0.1, 0.15) is 18.1 Å². The molecule has 1 saturated heterocycles. The van der Waals surface area contributed by atoms with Gasteiger partial charge in [-0.1, -0.05) is 31.2 Å². The van der Waals surface area contributed by atoms with Crippen molar-refractivity contribution in [3.05, 3.63) is 70.8 Å². The molecule has 3 rings (SSSR count). The van der Waals surface area contributed by atoms with Crippen LogP contribution in [0.15, 0.2) is 59.7 Å². The molecule has 1 aliphatic heterocycles. The first-order chi connectivity index (χ1) is 13.1. The molecular weight excluding hydrogens is 374 g/mol. The molecule has 148 valence electrons. The molecule has 0 saturated carbocycles. The molecule has 0 atom stereocenters. The SMILES string of the molecule is CCN1C/C(=C/c2ccc(OC)cc2)C(=O)/C(=C/c2ccc(OC)cc2)C1.Cl. The summed E-state index contributed by atoms with van der Waals surface area (Å²) in [6, 6.07) is 15.5. The molecule has 0 unspecified atom stereocenters. The topological polar surface area (TPSA) is 38.8 Å². The molecule has 0 spiro atoms. The van der Waals surface area contributed by atoms with Crippen molar-refractivity contribution in [1.29, 1.82) is 0 Å². The molecule has 2 aromatic carbocycles. The minimum atomic E-state index is 0. The highest BCUT2D eigenvalue weighted by atomic mass is 35.5. The lowest BCUT2D eigenvalue weighted by Crippen LogP contribution is -2.37. The molecule has 0 aliphatic carbocycles. The Morgan fingerprint density at radius 1 is 0.821 bits per heavy atom. The van der Waals surface area contributed by atoms with Crippen LogP contribution < -0.4 is 9.47 Å². The summed E-state index contributed by atoms with van der Waals surface area (Å²) in [4.78, 5) is 15.3. The van der Waals surface area contributed by atoms with Gasteiger partial charge in [-0.2, -0.15) is 0 Å². The van der Waals surface area contributed by atoms with Crippen LogP contribution in [-0.4, -0.2) is 44.5 Å². The molecule has 1 fully saturated rings. The van der Waals surface area contributed by atoms with Crippen molar-refractivity contribution < 1.29 is 14.3 Å².